The molecule has 4 rings (SSSR count). The molecule has 0 bridgehead atoms. The molecule has 0 spiro atoms. The molecule has 0 atom stereocenters. The molecule has 0 amide bonds. The minimum Gasteiger partial charge on any atom is -0.415 e. The molecular weight excluding hydrogens is 370 g/mol. The smallest absolute Gasteiger partial charge is 0.266 e. The number of hydrogen-bond donors (Lipinski definition) is 2. The Kier molecular flexibility index (Phi) is 4.93. The highest BCUT2D eigenvalue weighted by atomic mass is 16.4. The number of fused-ring (bicyclic) bond motifs is 1. The van der Waals surface area contributed by atoms with E-state index < -0.39 is 0 Å². The Hall–Kier alpha value is -3.77. The third-order valence-electron chi connectivity index (χ3n) is 4.32. The van der Waals surface area contributed by atoms with Crippen LogP contribution >= 0.6 is 0 Å². The average molecular weight is 389 g/mol. The standard InChI is InChI=1S/C20H19N7O2/c1-12(2)24-17-10-22-16(8-14(17)9-21)20-26-25-19(29-20)13-3-4-18-15(7-13)23-11-27(18)5-6-28/h3-4,7-8,10-12,24,28H,5-6H2,1-2H3. The second kappa shape index (κ2) is 7.69. The molecule has 0 radical (unpaired) electrons. The number of rotatable bonds is 6. The molecule has 29 heavy (non-hydrogen) atoms. The maximum atomic E-state index is 9.42. The normalized spacial score (nSPS) is 11.1. The number of nitrogens with one attached hydrogen (secondary N) is 1. The zero-order valence-corrected chi connectivity index (χ0v) is 16.0. The first kappa shape index (κ1) is 18.6. The quantitative estimate of drug-likeness (QED) is 0.515. The Morgan fingerprint density at radius 3 is 2.79 bits per heavy atom. The third kappa shape index (κ3) is 3.66. The fraction of sp³-hybridized carbons (Fsp3) is 0.250. The number of aliphatic hydroxyl groups is 1. The van der Waals surface area contributed by atoms with Gasteiger partial charge >= 0.3 is 0 Å². The molecule has 0 aliphatic carbocycles. The van der Waals surface area contributed by atoms with Gasteiger partial charge in [-0.15, -0.1) is 10.2 Å². The highest BCUT2D eigenvalue weighted by molar-refractivity contribution is 5.80. The van der Waals surface area contributed by atoms with Crippen molar-refractivity contribution < 1.29 is 9.52 Å². The van der Waals surface area contributed by atoms with Crippen LogP contribution in [0.25, 0.3) is 34.1 Å². The lowest BCUT2D eigenvalue weighted by atomic mass is 10.2. The van der Waals surface area contributed by atoms with E-state index in [1.807, 2.05) is 36.6 Å². The Morgan fingerprint density at radius 2 is 2.03 bits per heavy atom. The van der Waals surface area contributed by atoms with Crippen LogP contribution in [0.4, 0.5) is 5.69 Å². The highest BCUT2D eigenvalue weighted by Gasteiger charge is 2.15. The van der Waals surface area contributed by atoms with E-state index in [1.165, 1.54) is 0 Å². The second-order valence-corrected chi connectivity index (χ2v) is 6.80. The van der Waals surface area contributed by atoms with Crippen molar-refractivity contribution in [3.8, 4) is 29.1 Å². The number of benzene rings is 1. The third-order valence-corrected chi connectivity index (χ3v) is 4.32. The second-order valence-electron chi connectivity index (χ2n) is 6.80. The van der Waals surface area contributed by atoms with Crippen molar-refractivity contribution in [1.82, 2.24) is 24.7 Å². The highest BCUT2D eigenvalue weighted by Crippen LogP contribution is 2.27. The van der Waals surface area contributed by atoms with Gasteiger partial charge in [-0.2, -0.15) is 5.26 Å². The van der Waals surface area contributed by atoms with Crippen LogP contribution in [0, 0.1) is 11.3 Å². The summed E-state index contributed by atoms with van der Waals surface area (Å²) in [7, 11) is 0. The number of nitriles is 1. The summed E-state index contributed by atoms with van der Waals surface area (Å²) in [6, 6.07) is 9.58. The Morgan fingerprint density at radius 1 is 1.21 bits per heavy atom. The van der Waals surface area contributed by atoms with Crippen molar-refractivity contribution in [2.75, 3.05) is 11.9 Å². The van der Waals surface area contributed by atoms with Crippen LogP contribution in [0.3, 0.4) is 0 Å². The van der Waals surface area contributed by atoms with E-state index in [2.05, 4.69) is 31.6 Å². The molecule has 0 aliphatic rings. The summed E-state index contributed by atoms with van der Waals surface area (Å²) in [5, 5.41) is 29.9. The minimum atomic E-state index is 0.0450. The van der Waals surface area contributed by atoms with Gasteiger partial charge in [0.05, 0.1) is 41.4 Å². The predicted octanol–water partition coefficient (Wildman–Crippen LogP) is 2.83. The van der Waals surface area contributed by atoms with Crippen molar-refractivity contribution in [2.45, 2.75) is 26.4 Å². The molecule has 0 aliphatic heterocycles. The molecule has 4 aromatic rings. The number of pyridine rings is 1. The molecule has 1 aromatic carbocycles. The molecule has 2 N–H and O–H groups in total. The van der Waals surface area contributed by atoms with Crippen molar-refractivity contribution in [3.05, 3.63) is 42.4 Å². The van der Waals surface area contributed by atoms with Gasteiger partial charge in [0.25, 0.3) is 5.89 Å². The van der Waals surface area contributed by atoms with Crippen LogP contribution in [0.2, 0.25) is 0 Å². The topological polar surface area (TPSA) is 126 Å². The van der Waals surface area contributed by atoms with Crippen molar-refractivity contribution in [3.63, 3.8) is 0 Å². The summed E-state index contributed by atoms with van der Waals surface area (Å²) >= 11 is 0. The number of imidazole rings is 1. The van der Waals surface area contributed by atoms with Crippen LogP contribution in [-0.4, -0.2) is 42.5 Å². The number of hydrogen-bond acceptors (Lipinski definition) is 8. The van der Waals surface area contributed by atoms with E-state index in [-0.39, 0.29) is 18.5 Å². The van der Waals surface area contributed by atoms with Crippen molar-refractivity contribution >= 4 is 16.7 Å². The molecule has 0 saturated carbocycles. The van der Waals surface area contributed by atoms with E-state index in [1.54, 1.807) is 18.6 Å². The molecule has 9 heteroatoms. The number of nitrogens with zero attached hydrogens (tertiary/aromatic N) is 6. The zero-order valence-electron chi connectivity index (χ0n) is 16.0. The maximum Gasteiger partial charge on any atom is 0.266 e. The van der Waals surface area contributed by atoms with Crippen LogP contribution in [0.1, 0.15) is 19.4 Å². The van der Waals surface area contributed by atoms with Crippen LogP contribution in [0.15, 0.2) is 41.2 Å². The molecule has 3 heterocycles. The average Bonchev–Trinajstić information content (AvgIpc) is 3.35. The summed E-state index contributed by atoms with van der Waals surface area (Å²) in [6.07, 6.45) is 3.28. The van der Waals surface area contributed by atoms with Gasteiger partial charge in [0.15, 0.2) is 0 Å². The summed E-state index contributed by atoms with van der Waals surface area (Å²) in [5.74, 6) is 0.571. The largest absolute Gasteiger partial charge is 0.415 e. The van der Waals surface area contributed by atoms with Gasteiger partial charge in [0.1, 0.15) is 11.8 Å². The first-order valence-electron chi connectivity index (χ1n) is 9.15. The van der Waals surface area contributed by atoms with Crippen LogP contribution < -0.4 is 5.32 Å². The molecule has 0 unspecified atom stereocenters. The summed E-state index contributed by atoms with van der Waals surface area (Å²) in [5.41, 5.74) is 3.96. The molecule has 3 aromatic heterocycles. The first-order chi connectivity index (χ1) is 14.1. The van der Waals surface area contributed by atoms with Crippen LogP contribution in [0.5, 0.6) is 0 Å². The predicted molar refractivity (Wildman–Crippen MR) is 107 cm³/mol. The first-order valence-corrected chi connectivity index (χ1v) is 9.15. The lowest BCUT2D eigenvalue weighted by molar-refractivity contribution is 0.278. The zero-order chi connectivity index (χ0) is 20.4. The van der Waals surface area contributed by atoms with E-state index in [0.29, 0.717) is 29.4 Å². The monoisotopic (exact) mass is 389 g/mol. The summed E-state index contributed by atoms with van der Waals surface area (Å²) < 4.78 is 7.66. The van der Waals surface area contributed by atoms with Gasteiger partial charge in [-0.3, -0.25) is 0 Å². The fourth-order valence-electron chi connectivity index (χ4n) is 3.02. The van der Waals surface area contributed by atoms with E-state index >= 15 is 0 Å². The Bertz CT molecular complexity index is 1200. The van der Waals surface area contributed by atoms with Gasteiger partial charge in [-0.1, -0.05) is 0 Å². The fourth-order valence-corrected chi connectivity index (χ4v) is 3.02. The number of anilines is 1. The molecular formula is C20H19N7O2. The molecule has 9 nitrogen and oxygen atoms in total. The van der Waals surface area contributed by atoms with Gasteiger partial charge in [-0.25, -0.2) is 9.97 Å². The summed E-state index contributed by atoms with van der Waals surface area (Å²) in [4.78, 5) is 8.69. The summed E-state index contributed by atoms with van der Waals surface area (Å²) in [6.45, 7) is 4.50. The molecule has 146 valence electrons. The van der Waals surface area contributed by atoms with Gasteiger partial charge in [0, 0.05) is 18.2 Å². The van der Waals surface area contributed by atoms with Gasteiger partial charge < -0.3 is 19.4 Å². The lowest BCUT2D eigenvalue weighted by Gasteiger charge is -2.11. The number of aliphatic hydroxyl groups excluding tert-OH is 1. The Labute approximate surface area is 166 Å². The van der Waals surface area contributed by atoms with Crippen LogP contribution in [-0.2, 0) is 6.54 Å². The van der Waals surface area contributed by atoms with E-state index in [0.717, 1.165) is 16.6 Å². The van der Waals surface area contributed by atoms with Gasteiger partial charge in [-0.05, 0) is 38.1 Å². The SMILES string of the molecule is CC(C)Nc1cnc(-c2nnc(-c3ccc4c(c3)ncn4CCO)o2)cc1C#N. The van der Waals surface area contributed by atoms with Crippen molar-refractivity contribution in [1.29, 1.82) is 5.26 Å². The van der Waals surface area contributed by atoms with Crippen molar-refractivity contribution in [2.24, 2.45) is 0 Å². The van der Waals surface area contributed by atoms with E-state index in [4.69, 9.17) is 9.52 Å². The maximum absolute atomic E-state index is 9.42. The van der Waals surface area contributed by atoms with Gasteiger partial charge in [0.2, 0.25) is 5.89 Å². The molecule has 0 saturated heterocycles. The Balaban J connectivity index is 1.65. The number of aromatic nitrogens is 5. The lowest BCUT2D eigenvalue weighted by Crippen LogP contribution is -2.11. The minimum absolute atomic E-state index is 0.0450. The molecule has 0 fully saturated rings. The van der Waals surface area contributed by atoms with E-state index in [9.17, 15) is 5.26 Å².